The van der Waals surface area contributed by atoms with Crippen molar-refractivity contribution in [1.82, 2.24) is 10.1 Å². The molecule has 0 atom stereocenters. The second-order valence-electron chi connectivity index (χ2n) is 5.77. The van der Waals surface area contributed by atoms with Gasteiger partial charge in [0.05, 0.1) is 19.0 Å². The molecule has 0 spiro atoms. The van der Waals surface area contributed by atoms with Crippen molar-refractivity contribution in [3.05, 3.63) is 53.9 Å². The van der Waals surface area contributed by atoms with Crippen LogP contribution in [0.3, 0.4) is 0 Å². The molecule has 3 aromatic rings. The Bertz CT molecular complexity index is 879. The average Bonchev–Trinajstić information content (AvgIpc) is 2.97. The topological polar surface area (TPSA) is 57.4 Å². The van der Waals surface area contributed by atoms with Crippen molar-refractivity contribution in [3.8, 4) is 22.9 Å². The Balaban J connectivity index is 1.46. The molecule has 6 heteroatoms. The van der Waals surface area contributed by atoms with Crippen LogP contribution in [0.2, 0.25) is 0 Å². The highest BCUT2D eigenvalue weighted by Crippen LogP contribution is 2.35. The predicted octanol–water partition coefficient (Wildman–Crippen LogP) is 4.50. The van der Waals surface area contributed by atoms with Gasteiger partial charge in [0.1, 0.15) is 0 Å². The molecule has 1 aliphatic heterocycles. The molecule has 0 aliphatic carbocycles. The van der Waals surface area contributed by atoms with E-state index in [-0.39, 0.29) is 0 Å². The molecular weight excluding hydrogens is 336 g/mol. The van der Waals surface area contributed by atoms with Crippen molar-refractivity contribution in [3.63, 3.8) is 0 Å². The molecule has 0 radical (unpaired) electrons. The van der Waals surface area contributed by atoms with Crippen molar-refractivity contribution in [2.75, 3.05) is 13.2 Å². The van der Waals surface area contributed by atoms with Gasteiger partial charge >= 0.3 is 0 Å². The number of ether oxygens (including phenoxy) is 2. The number of thioether (sulfide) groups is 1. The number of benzene rings is 2. The molecule has 0 saturated carbocycles. The van der Waals surface area contributed by atoms with Crippen LogP contribution in [0.4, 0.5) is 0 Å². The molecule has 1 aromatic heterocycles. The lowest BCUT2D eigenvalue weighted by Crippen LogP contribution is -1.97. The summed E-state index contributed by atoms with van der Waals surface area (Å²) in [7, 11) is 0. The molecule has 0 fully saturated rings. The summed E-state index contributed by atoms with van der Waals surface area (Å²) in [5.41, 5.74) is 2.13. The van der Waals surface area contributed by atoms with Gasteiger partial charge < -0.3 is 14.0 Å². The number of fused-ring (bicyclic) bond motifs is 1. The second-order valence-corrected chi connectivity index (χ2v) is 6.82. The zero-order chi connectivity index (χ0) is 17.1. The normalized spacial score (nSPS) is 13.5. The van der Waals surface area contributed by atoms with Crippen LogP contribution in [0, 0.1) is 6.92 Å². The third-order valence-corrected chi connectivity index (χ3v) is 4.91. The summed E-state index contributed by atoms with van der Waals surface area (Å²) < 4.78 is 16.8. The predicted molar refractivity (Wildman–Crippen MR) is 96.1 cm³/mol. The SMILES string of the molecule is Cc1ccccc1-c1noc(CSc2ccc3c(c2)OCCCO3)n1. The van der Waals surface area contributed by atoms with E-state index in [1.807, 2.05) is 49.4 Å². The fourth-order valence-corrected chi connectivity index (χ4v) is 3.39. The molecule has 1 aliphatic rings. The quantitative estimate of drug-likeness (QED) is 0.643. The highest BCUT2D eigenvalue weighted by molar-refractivity contribution is 7.98. The minimum absolute atomic E-state index is 0.607. The van der Waals surface area contributed by atoms with Crippen LogP contribution < -0.4 is 9.47 Å². The Hall–Kier alpha value is -2.47. The van der Waals surface area contributed by atoms with Gasteiger partial charge in [-0.1, -0.05) is 29.4 Å². The smallest absolute Gasteiger partial charge is 0.237 e. The Morgan fingerprint density at radius 1 is 1.04 bits per heavy atom. The minimum Gasteiger partial charge on any atom is -0.490 e. The zero-order valence-electron chi connectivity index (χ0n) is 13.9. The van der Waals surface area contributed by atoms with Crippen molar-refractivity contribution in [1.29, 1.82) is 0 Å². The van der Waals surface area contributed by atoms with Crippen molar-refractivity contribution in [2.45, 2.75) is 24.0 Å². The Morgan fingerprint density at radius 3 is 2.76 bits per heavy atom. The van der Waals surface area contributed by atoms with Gasteiger partial charge in [-0.15, -0.1) is 11.8 Å². The van der Waals surface area contributed by atoms with E-state index < -0.39 is 0 Å². The summed E-state index contributed by atoms with van der Waals surface area (Å²) in [5, 5.41) is 4.10. The van der Waals surface area contributed by atoms with Gasteiger partial charge in [-0.3, -0.25) is 0 Å². The molecule has 0 saturated heterocycles. The van der Waals surface area contributed by atoms with Gasteiger partial charge in [-0.25, -0.2) is 0 Å². The van der Waals surface area contributed by atoms with E-state index >= 15 is 0 Å². The van der Waals surface area contributed by atoms with Crippen LogP contribution in [0.1, 0.15) is 17.9 Å². The fraction of sp³-hybridized carbons (Fsp3) is 0.263. The summed E-state index contributed by atoms with van der Waals surface area (Å²) in [6.07, 6.45) is 0.904. The van der Waals surface area contributed by atoms with Gasteiger partial charge in [-0.2, -0.15) is 4.98 Å². The van der Waals surface area contributed by atoms with E-state index in [0.717, 1.165) is 33.9 Å². The minimum atomic E-state index is 0.607. The average molecular weight is 354 g/mol. The summed E-state index contributed by atoms with van der Waals surface area (Å²) in [4.78, 5) is 5.59. The first-order chi connectivity index (χ1) is 12.3. The number of hydrogen-bond donors (Lipinski definition) is 0. The first-order valence-corrected chi connectivity index (χ1v) is 9.19. The van der Waals surface area contributed by atoms with Gasteiger partial charge in [-0.05, 0) is 30.7 Å². The summed E-state index contributed by atoms with van der Waals surface area (Å²) in [6.45, 7) is 3.42. The van der Waals surface area contributed by atoms with E-state index in [2.05, 4.69) is 10.1 Å². The van der Waals surface area contributed by atoms with Crippen molar-refractivity contribution >= 4 is 11.8 Å². The maximum absolute atomic E-state index is 5.73. The molecule has 0 amide bonds. The maximum Gasteiger partial charge on any atom is 0.237 e. The fourth-order valence-electron chi connectivity index (χ4n) is 2.63. The molecule has 2 heterocycles. The number of nitrogens with zero attached hydrogens (tertiary/aromatic N) is 2. The summed E-state index contributed by atoms with van der Waals surface area (Å²) in [6, 6.07) is 14.0. The summed E-state index contributed by atoms with van der Waals surface area (Å²) >= 11 is 1.63. The van der Waals surface area contributed by atoms with Gasteiger partial charge in [0.2, 0.25) is 11.7 Å². The molecule has 0 unspecified atom stereocenters. The van der Waals surface area contributed by atoms with Crippen LogP contribution in [-0.4, -0.2) is 23.4 Å². The molecule has 0 bridgehead atoms. The Labute approximate surface area is 150 Å². The van der Waals surface area contributed by atoms with Crippen molar-refractivity contribution < 1.29 is 14.0 Å². The zero-order valence-corrected chi connectivity index (χ0v) is 14.7. The molecule has 5 nitrogen and oxygen atoms in total. The largest absolute Gasteiger partial charge is 0.490 e. The third-order valence-electron chi connectivity index (χ3n) is 3.94. The highest BCUT2D eigenvalue weighted by atomic mass is 32.2. The Morgan fingerprint density at radius 2 is 1.88 bits per heavy atom. The van der Waals surface area contributed by atoms with Crippen LogP contribution >= 0.6 is 11.8 Å². The molecule has 0 N–H and O–H groups in total. The number of aryl methyl sites for hydroxylation is 1. The lowest BCUT2D eigenvalue weighted by atomic mass is 10.1. The lowest BCUT2D eigenvalue weighted by molar-refractivity contribution is 0.297. The molecule has 25 heavy (non-hydrogen) atoms. The number of hydrogen-bond acceptors (Lipinski definition) is 6. The van der Waals surface area contributed by atoms with Gasteiger partial charge in [0, 0.05) is 16.9 Å². The van der Waals surface area contributed by atoms with Gasteiger partial charge in [0.15, 0.2) is 11.5 Å². The van der Waals surface area contributed by atoms with E-state index in [9.17, 15) is 0 Å². The van der Waals surface area contributed by atoms with Crippen LogP contribution in [0.15, 0.2) is 51.9 Å². The second kappa shape index (κ2) is 7.19. The van der Waals surface area contributed by atoms with Gasteiger partial charge in [0.25, 0.3) is 0 Å². The first-order valence-electron chi connectivity index (χ1n) is 8.20. The Kier molecular flexibility index (Phi) is 4.61. The van der Waals surface area contributed by atoms with E-state index in [1.54, 1.807) is 11.8 Å². The van der Waals surface area contributed by atoms with Crippen molar-refractivity contribution in [2.24, 2.45) is 0 Å². The molecule has 128 valence electrons. The van der Waals surface area contributed by atoms with Crippen LogP contribution in [0.25, 0.3) is 11.4 Å². The number of aromatic nitrogens is 2. The highest BCUT2D eigenvalue weighted by Gasteiger charge is 2.13. The molecule has 4 rings (SSSR count). The third kappa shape index (κ3) is 3.64. The molecular formula is C19H18N2O3S. The van der Waals surface area contributed by atoms with Crippen LogP contribution in [0.5, 0.6) is 11.5 Å². The standard InChI is InChI=1S/C19H18N2O3S/c1-13-5-2-3-6-15(13)19-20-18(24-21-19)12-25-14-7-8-16-17(11-14)23-10-4-9-22-16/h2-3,5-8,11H,4,9-10,12H2,1H3. The maximum atomic E-state index is 5.73. The monoisotopic (exact) mass is 354 g/mol. The number of rotatable bonds is 4. The van der Waals surface area contributed by atoms with E-state index in [4.69, 9.17) is 14.0 Å². The van der Waals surface area contributed by atoms with E-state index in [1.165, 1.54) is 0 Å². The summed E-state index contributed by atoms with van der Waals surface area (Å²) in [5.74, 6) is 3.45. The van der Waals surface area contributed by atoms with E-state index in [0.29, 0.717) is 30.7 Å². The first kappa shape index (κ1) is 16.0. The van der Waals surface area contributed by atoms with Crippen LogP contribution in [-0.2, 0) is 5.75 Å². The lowest BCUT2D eigenvalue weighted by Gasteiger charge is -2.08. The molecule has 2 aromatic carbocycles.